The standard InChI is InChI=1S/C10H10O.C5H5.C2H7Si.Ti/c1-2-3-9-11-10-7-5-4-6-8-10;1-2-4-5-3-1;1-3-2;/h2-9H,1H2;1-3H,4H2;3H,1-2H3;. The van der Waals surface area contributed by atoms with Crippen LogP contribution in [0.3, 0.4) is 0 Å². The number of hydrogen-bond donors (Lipinski definition) is 0. The summed E-state index contributed by atoms with van der Waals surface area (Å²) in [5, 5.41) is 0. The van der Waals surface area contributed by atoms with Crippen LogP contribution >= 0.6 is 0 Å². The molecule has 1 aliphatic rings. The number of rotatable bonds is 5. The summed E-state index contributed by atoms with van der Waals surface area (Å²) >= 11 is 0.375. The molecule has 20 heavy (non-hydrogen) atoms. The predicted octanol–water partition coefficient (Wildman–Crippen LogP) is 4.66. The molecule has 0 saturated heterocycles. The van der Waals surface area contributed by atoms with Gasteiger partial charge in [-0.15, -0.1) is 0 Å². The van der Waals surface area contributed by atoms with E-state index in [1.54, 1.807) is 22.3 Å². The fourth-order valence-corrected chi connectivity index (χ4v) is 7.36. The first-order chi connectivity index (χ1) is 9.72. The van der Waals surface area contributed by atoms with Gasteiger partial charge in [0.2, 0.25) is 0 Å². The van der Waals surface area contributed by atoms with Crippen molar-refractivity contribution in [1.29, 1.82) is 0 Å². The van der Waals surface area contributed by atoms with Gasteiger partial charge in [0.1, 0.15) is 5.75 Å². The van der Waals surface area contributed by atoms with Gasteiger partial charge in [-0.1, -0.05) is 30.9 Å². The van der Waals surface area contributed by atoms with Gasteiger partial charge in [0.05, 0.1) is 6.26 Å². The van der Waals surface area contributed by atoms with E-state index in [-0.39, 0.29) is 6.66 Å². The van der Waals surface area contributed by atoms with Crippen LogP contribution in [0.2, 0.25) is 13.1 Å². The van der Waals surface area contributed by atoms with Crippen molar-refractivity contribution in [3.05, 3.63) is 77.4 Å². The molecule has 1 aromatic rings. The van der Waals surface area contributed by atoms with E-state index in [1.807, 2.05) is 30.3 Å². The van der Waals surface area contributed by atoms with Crippen molar-refractivity contribution >= 4 is 6.66 Å². The van der Waals surface area contributed by atoms with E-state index in [0.717, 1.165) is 5.75 Å². The molecule has 0 amide bonds. The average molecular weight is 318 g/mol. The number of para-hydroxylation sites is 1. The third-order valence-corrected chi connectivity index (χ3v) is 8.38. The predicted molar refractivity (Wildman–Crippen MR) is 87.1 cm³/mol. The molecule has 0 unspecified atom stereocenters. The molecule has 0 aliphatic heterocycles. The molecule has 0 aromatic heterocycles. The molecule has 0 bridgehead atoms. The van der Waals surface area contributed by atoms with Crippen molar-refractivity contribution in [1.82, 2.24) is 0 Å². The molecule has 0 N–H and O–H groups in total. The quantitative estimate of drug-likeness (QED) is 0.436. The van der Waals surface area contributed by atoms with Gasteiger partial charge in [0.25, 0.3) is 0 Å². The molecule has 1 nitrogen and oxygen atoms in total. The van der Waals surface area contributed by atoms with Crippen molar-refractivity contribution < 1.29 is 23.1 Å². The first kappa shape index (κ1) is 17.0. The van der Waals surface area contributed by atoms with Crippen LogP contribution in [0, 0.1) is 0 Å². The fourth-order valence-electron chi connectivity index (χ4n) is 1.60. The van der Waals surface area contributed by atoms with E-state index in [0.29, 0.717) is 18.4 Å². The summed E-state index contributed by atoms with van der Waals surface area (Å²) in [6.07, 6.45) is 13.1. The van der Waals surface area contributed by atoms with E-state index in [9.17, 15) is 0 Å². The van der Waals surface area contributed by atoms with Crippen molar-refractivity contribution in [2.45, 2.75) is 19.5 Å². The Morgan fingerprint density at radius 3 is 2.55 bits per heavy atom. The summed E-state index contributed by atoms with van der Waals surface area (Å²) in [6.45, 7) is 8.23. The van der Waals surface area contributed by atoms with Crippen LogP contribution in [0.15, 0.2) is 77.4 Å². The van der Waals surface area contributed by atoms with Crippen LogP contribution < -0.4 is 4.74 Å². The molecule has 3 heteroatoms. The molecule has 0 saturated carbocycles. The Morgan fingerprint density at radius 2 is 2.00 bits per heavy atom. The van der Waals surface area contributed by atoms with Gasteiger partial charge in [0.15, 0.2) is 0 Å². The maximum absolute atomic E-state index is 5.19. The van der Waals surface area contributed by atoms with Crippen LogP contribution in [-0.4, -0.2) is 6.66 Å². The van der Waals surface area contributed by atoms with E-state index in [4.69, 9.17) is 4.74 Å². The Balaban J connectivity index is 0.000000204. The number of hydrogen-bond acceptors (Lipinski definition) is 1. The zero-order valence-corrected chi connectivity index (χ0v) is 15.0. The monoisotopic (exact) mass is 318 g/mol. The second-order valence-corrected chi connectivity index (χ2v) is 15.0. The van der Waals surface area contributed by atoms with Crippen molar-refractivity contribution in [3.8, 4) is 5.75 Å². The second-order valence-electron chi connectivity index (χ2n) is 4.62. The van der Waals surface area contributed by atoms with Crippen molar-refractivity contribution in [2.24, 2.45) is 0 Å². The van der Waals surface area contributed by atoms with Gasteiger partial charge in [0, 0.05) is 0 Å². The molecule has 0 heterocycles. The molecule has 0 radical (unpaired) electrons. The van der Waals surface area contributed by atoms with Gasteiger partial charge < -0.3 is 4.74 Å². The van der Waals surface area contributed by atoms with Gasteiger partial charge in [-0.05, 0) is 18.2 Å². The van der Waals surface area contributed by atoms with Crippen LogP contribution in [0.1, 0.15) is 6.42 Å². The third-order valence-electron chi connectivity index (χ3n) is 2.41. The average Bonchev–Trinajstić information content (AvgIpc) is 2.93. The summed E-state index contributed by atoms with van der Waals surface area (Å²) in [6, 6.07) is 9.60. The molecular formula is C17H22OSiTi. The fraction of sp³-hybridized carbons (Fsp3) is 0.176. The van der Waals surface area contributed by atoms with Gasteiger partial charge in [-0.2, -0.15) is 0 Å². The van der Waals surface area contributed by atoms with Gasteiger partial charge >= 0.3 is 66.7 Å². The number of allylic oxidation sites excluding steroid dienone is 6. The number of benzene rings is 1. The van der Waals surface area contributed by atoms with E-state index >= 15 is 0 Å². The number of ether oxygens (including phenoxy) is 1. The summed E-state index contributed by atoms with van der Waals surface area (Å²) in [4.78, 5) is 0. The van der Waals surface area contributed by atoms with Crippen LogP contribution in [-0.2, 0) is 18.4 Å². The Kier molecular flexibility index (Phi) is 9.05. The van der Waals surface area contributed by atoms with E-state index in [2.05, 4.69) is 37.9 Å². The third kappa shape index (κ3) is 8.16. The molecule has 0 atom stereocenters. The van der Waals surface area contributed by atoms with Gasteiger partial charge in [-0.25, -0.2) is 0 Å². The van der Waals surface area contributed by atoms with Crippen LogP contribution in [0.4, 0.5) is 0 Å². The molecule has 1 aliphatic carbocycles. The second kappa shape index (κ2) is 10.7. The van der Waals surface area contributed by atoms with Crippen LogP contribution in [0.25, 0.3) is 0 Å². The Hall–Kier alpha value is -1.09. The van der Waals surface area contributed by atoms with Crippen LogP contribution in [0.5, 0.6) is 5.75 Å². The Morgan fingerprint density at radius 1 is 1.25 bits per heavy atom. The summed E-state index contributed by atoms with van der Waals surface area (Å²) < 4.78 is 6.97. The molecule has 0 fully saturated rings. The summed E-state index contributed by atoms with van der Waals surface area (Å²) in [5.41, 5.74) is 0. The molecule has 0 spiro atoms. The topological polar surface area (TPSA) is 9.23 Å². The molecule has 1 aromatic carbocycles. The molecule has 104 valence electrons. The van der Waals surface area contributed by atoms with Crippen molar-refractivity contribution in [3.63, 3.8) is 0 Å². The zero-order valence-electron chi connectivity index (χ0n) is 12.3. The minimum absolute atomic E-state index is 0.207. The zero-order chi connectivity index (χ0) is 14.6. The normalized spacial score (nSPS) is 12.8. The Labute approximate surface area is 132 Å². The Bertz CT molecular complexity index is 475. The van der Waals surface area contributed by atoms with Crippen molar-refractivity contribution in [2.75, 3.05) is 0 Å². The molecular weight excluding hydrogens is 296 g/mol. The van der Waals surface area contributed by atoms with E-state index in [1.165, 1.54) is 6.42 Å². The molecule has 2 rings (SSSR count). The summed E-state index contributed by atoms with van der Waals surface area (Å²) in [7, 11) is 0. The maximum atomic E-state index is 5.19. The first-order valence-electron chi connectivity index (χ1n) is 6.84. The van der Waals surface area contributed by atoms with Gasteiger partial charge in [-0.3, -0.25) is 0 Å². The van der Waals surface area contributed by atoms with E-state index < -0.39 is 0 Å². The first-order valence-corrected chi connectivity index (χ1v) is 13.2. The SMILES string of the molecule is C=CC=COc1ccccc1.C[SiH](C)[Ti][C]1=CC=CC1. The summed E-state index contributed by atoms with van der Waals surface area (Å²) in [5.74, 6) is 0.839. The minimum atomic E-state index is -0.207.